The van der Waals surface area contributed by atoms with Crippen molar-refractivity contribution in [2.75, 3.05) is 13.7 Å². The molecule has 3 aromatic carbocycles. The Morgan fingerprint density at radius 2 is 1.38 bits per heavy atom. The lowest BCUT2D eigenvalue weighted by Crippen LogP contribution is -2.35. The predicted octanol–water partition coefficient (Wildman–Crippen LogP) is 5.76. The highest BCUT2D eigenvalue weighted by atomic mass is 16.7. The van der Waals surface area contributed by atoms with Gasteiger partial charge < -0.3 is 18.9 Å². The van der Waals surface area contributed by atoms with Gasteiger partial charge in [0.1, 0.15) is 18.5 Å². The zero-order valence-corrected chi connectivity index (χ0v) is 18.2. The standard InChI is InChI=1S/C28H28O4/c1-29-28-25(17-22-11-5-2-6-12-22)18-26(31-20-24-15-9-4-10-16-24)27(32-28)21-30-19-23-13-7-3-8-14-23/h2-18,27-28H,19-21H2,1H3/b25-17-/t27-,28-/m1/s1. The molecule has 0 amide bonds. The summed E-state index contributed by atoms with van der Waals surface area (Å²) in [6.07, 6.45) is 3.22. The highest BCUT2D eigenvalue weighted by Crippen LogP contribution is 2.28. The second-order valence-corrected chi connectivity index (χ2v) is 7.57. The molecule has 164 valence electrons. The summed E-state index contributed by atoms with van der Waals surface area (Å²) in [5.41, 5.74) is 4.19. The molecular weight excluding hydrogens is 400 g/mol. The first-order valence-corrected chi connectivity index (χ1v) is 10.8. The van der Waals surface area contributed by atoms with Gasteiger partial charge in [0, 0.05) is 12.7 Å². The van der Waals surface area contributed by atoms with Gasteiger partial charge in [0.2, 0.25) is 0 Å². The first-order chi connectivity index (χ1) is 15.8. The first kappa shape index (κ1) is 22.0. The molecule has 0 unspecified atom stereocenters. The Labute approximate surface area is 189 Å². The Bertz CT molecular complexity index is 1010. The molecule has 1 aliphatic rings. The number of hydrogen-bond donors (Lipinski definition) is 0. The zero-order valence-electron chi connectivity index (χ0n) is 18.2. The number of hydrogen-bond acceptors (Lipinski definition) is 4. The van der Waals surface area contributed by atoms with Crippen LogP contribution in [0.1, 0.15) is 16.7 Å². The van der Waals surface area contributed by atoms with Crippen LogP contribution in [0.25, 0.3) is 6.08 Å². The molecule has 2 atom stereocenters. The first-order valence-electron chi connectivity index (χ1n) is 10.8. The monoisotopic (exact) mass is 428 g/mol. The molecule has 0 aromatic heterocycles. The van der Waals surface area contributed by atoms with Gasteiger partial charge in [-0.15, -0.1) is 0 Å². The predicted molar refractivity (Wildman–Crippen MR) is 126 cm³/mol. The second-order valence-electron chi connectivity index (χ2n) is 7.57. The fraction of sp³-hybridized carbons (Fsp3) is 0.214. The van der Waals surface area contributed by atoms with E-state index < -0.39 is 6.29 Å². The fourth-order valence-corrected chi connectivity index (χ4v) is 3.52. The molecule has 0 saturated heterocycles. The third-order valence-electron chi connectivity index (χ3n) is 5.16. The van der Waals surface area contributed by atoms with Gasteiger partial charge in [0.05, 0.1) is 13.2 Å². The van der Waals surface area contributed by atoms with E-state index in [-0.39, 0.29) is 6.10 Å². The van der Waals surface area contributed by atoms with Gasteiger partial charge in [-0.2, -0.15) is 0 Å². The Balaban J connectivity index is 1.52. The number of benzene rings is 3. The summed E-state index contributed by atoms with van der Waals surface area (Å²) in [6, 6.07) is 30.3. The number of methoxy groups -OCH3 is 1. The van der Waals surface area contributed by atoms with E-state index in [9.17, 15) is 0 Å². The Morgan fingerprint density at radius 3 is 2.00 bits per heavy atom. The molecule has 0 saturated carbocycles. The fourth-order valence-electron chi connectivity index (χ4n) is 3.52. The maximum absolute atomic E-state index is 6.25. The average molecular weight is 429 g/mol. The van der Waals surface area contributed by atoms with Gasteiger partial charge in [-0.3, -0.25) is 0 Å². The maximum Gasteiger partial charge on any atom is 0.184 e. The molecule has 4 nitrogen and oxygen atoms in total. The highest BCUT2D eigenvalue weighted by Gasteiger charge is 2.30. The lowest BCUT2D eigenvalue weighted by atomic mass is 10.1. The van der Waals surface area contributed by atoms with Gasteiger partial charge in [-0.1, -0.05) is 91.0 Å². The minimum absolute atomic E-state index is 0.361. The van der Waals surface area contributed by atoms with Crippen molar-refractivity contribution in [3.8, 4) is 0 Å². The van der Waals surface area contributed by atoms with E-state index in [1.54, 1.807) is 7.11 Å². The molecule has 0 spiro atoms. The van der Waals surface area contributed by atoms with E-state index in [2.05, 4.69) is 6.08 Å². The summed E-state index contributed by atoms with van der Waals surface area (Å²) in [4.78, 5) is 0. The van der Waals surface area contributed by atoms with E-state index in [4.69, 9.17) is 18.9 Å². The summed E-state index contributed by atoms with van der Waals surface area (Å²) >= 11 is 0. The topological polar surface area (TPSA) is 36.9 Å². The molecule has 1 aliphatic heterocycles. The van der Waals surface area contributed by atoms with Crippen LogP contribution < -0.4 is 0 Å². The van der Waals surface area contributed by atoms with Crippen LogP contribution in [0.2, 0.25) is 0 Å². The summed E-state index contributed by atoms with van der Waals surface area (Å²) in [5, 5.41) is 0. The van der Waals surface area contributed by atoms with E-state index in [0.29, 0.717) is 19.8 Å². The molecule has 32 heavy (non-hydrogen) atoms. The van der Waals surface area contributed by atoms with Crippen molar-refractivity contribution in [1.82, 2.24) is 0 Å². The van der Waals surface area contributed by atoms with Crippen LogP contribution in [0.5, 0.6) is 0 Å². The van der Waals surface area contributed by atoms with Crippen LogP contribution in [-0.4, -0.2) is 26.1 Å². The maximum atomic E-state index is 6.25. The molecule has 0 fully saturated rings. The van der Waals surface area contributed by atoms with Crippen molar-refractivity contribution in [3.63, 3.8) is 0 Å². The second kappa shape index (κ2) is 11.4. The van der Waals surface area contributed by atoms with E-state index in [1.807, 2.05) is 97.1 Å². The average Bonchev–Trinajstić information content (AvgIpc) is 2.85. The van der Waals surface area contributed by atoms with Crippen LogP contribution >= 0.6 is 0 Å². The van der Waals surface area contributed by atoms with Crippen molar-refractivity contribution in [2.45, 2.75) is 25.6 Å². The molecule has 1 heterocycles. The highest BCUT2D eigenvalue weighted by molar-refractivity contribution is 5.57. The molecule has 0 radical (unpaired) electrons. The Kier molecular flexibility index (Phi) is 7.88. The van der Waals surface area contributed by atoms with Gasteiger partial charge in [0.25, 0.3) is 0 Å². The molecule has 4 rings (SSSR count). The summed E-state index contributed by atoms with van der Waals surface area (Å²) in [5.74, 6) is 0.734. The van der Waals surface area contributed by atoms with Crippen molar-refractivity contribution in [3.05, 3.63) is 125 Å². The van der Waals surface area contributed by atoms with Crippen LogP contribution in [0.3, 0.4) is 0 Å². The normalized spacial score (nSPS) is 19.5. The van der Waals surface area contributed by atoms with Crippen LogP contribution in [0.15, 0.2) is 108 Å². The summed E-state index contributed by atoms with van der Waals surface area (Å²) < 4.78 is 24.1. The van der Waals surface area contributed by atoms with Crippen LogP contribution in [-0.2, 0) is 32.2 Å². The minimum Gasteiger partial charge on any atom is -0.490 e. The lowest BCUT2D eigenvalue weighted by Gasteiger charge is -2.31. The van der Waals surface area contributed by atoms with E-state index >= 15 is 0 Å². The van der Waals surface area contributed by atoms with Crippen molar-refractivity contribution >= 4 is 6.08 Å². The van der Waals surface area contributed by atoms with Gasteiger partial charge in [-0.25, -0.2) is 0 Å². The SMILES string of the molecule is CO[C@@H]1O[C@H](COCc2ccccc2)C(OCc2ccccc2)=C/C1=C/c1ccccc1. The van der Waals surface area contributed by atoms with Crippen molar-refractivity contribution in [2.24, 2.45) is 0 Å². The molecule has 0 bridgehead atoms. The molecule has 3 aromatic rings. The Hall–Kier alpha value is -3.18. The van der Waals surface area contributed by atoms with Crippen molar-refractivity contribution < 1.29 is 18.9 Å². The molecule has 0 aliphatic carbocycles. The third-order valence-corrected chi connectivity index (χ3v) is 5.16. The van der Waals surface area contributed by atoms with Gasteiger partial charge >= 0.3 is 0 Å². The molecular formula is C28H28O4. The van der Waals surface area contributed by atoms with Crippen molar-refractivity contribution in [1.29, 1.82) is 0 Å². The van der Waals surface area contributed by atoms with E-state index in [1.165, 1.54) is 0 Å². The minimum atomic E-state index is -0.496. The smallest absolute Gasteiger partial charge is 0.184 e. The quantitative estimate of drug-likeness (QED) is 0.434. The third kappa shape index (κ3) is 6.17. The molecule has 0 N–H and O–H groups in total. The largest absolute Gasteiger partial charge is 0.490 e. The number of rotatable bonds is 9. The van der Waals surface area contributed by atoms with Crippen LogP contribution in [0.4, 0.5) is 0 Å². The van der Waals surface area contributed by atoms with E-state index in [0.717, 1.165) is 28.0 Å². The summed E-state index contributed by atoms with van der Waals surface area (Å²) in [6.45, 7) is 1.34. The molecule has 4 heteroatoms. The van der Waals surface area contributed by atoms with Gasteiger partial charge in [-0.05, 0) is 28.8 Å². The number of ether oxygens (including phenoxy) is 4. The lowest BCUT2D eigenvalue weighted by molar-refractivity contribution is -0.155. The summed E-state index contributed by atoms with van der Waals surface area (Å²) in [7, 11) is 1.65. The van der Waals surface area contributed by atoms with Gasteiger partial charge in [0.15, 0.2) is 6.29 Å². The van der Waals surface area contributed by atoms with Crippen LogP contribution in [0, 0.1) is 0 Å². The Morgan fingerprint density at radius 1 is 0.781 bits per heavy atom. The zero-order chi connectivity index (χ0) is 22.0.